The van der Waals surface area contributed by atoms with Crippen molar-refractivity contribution in [3.8, 4) is 0 Å². The first-order chi connectivity index (χ1) is 7.68. The molecule has 0 fully saturated rings. The van der Waals surface area contributed by atoms with E-state index >= 15 is 0 Å². The highest BCUT2D eigenvalue weighted by Crippen LogP contribution is 1.88. The van der Waals surface area contributed by atoms with Gasteiger partial charge in [0.15, 0.2) is 0 Å². The molecule has 0 bridgehead atoms. The van der Waals surface area contributed by atoms with E-state index in [4.69, 9.17) is 4.74 Å². The van der Waals surface area contributed by atoms with E-state index in [0.29, 0.717) is 6.54 Å². The smallest absolute Gasteiger partial charge is 0.222 e. The summed E-state index contributed by atoms with van der Waals surface area (Å²) < 4.78 is 4.91. The summed E-state index contributed by atoms with van der Waals surface area (Å²) in [4.78, 5) is 11.1. The Labute approximate surface area is 100 Å². The van der Waals surface area contributed by atoms with Crippen molar-refractivity contribution < 1.29 is 9.53 Å². The predicted octanol–water partition coefficient (Wildman–Crippen LogP) is 1.41. The Morgan fingerprint density at radius 1 is 1.19 bits per heavy atom. The average Bonchev–Trinajstić information content (AvgIpc) is 2.30. The Hall–Kier alpha value is -0.610. The van der Waals surface area contributed by atoms with Crippen molar-refractivity contribution in [3.63, 3.8) is 0 Å². The number of hydrogen-bond donors (Lipinski definition) is 2. The lowest BCUT2D eigenvalue weighted by Gasteiger charge is -2.08. The van der Waals surface area contributed by atoms with Gasteiger partial charge in [0, 0.05) is 32.7 Å². The number of carbonyl (C=O) groups is 1. The van der Waals surface area contributed by atoms with Crippen molar-refractivity contribution in [2.24, 2.45) is 5.92 Å². The first-order valence-corrected chi connectivity index (χ1v) is 6.16. The largest absolute Gasteiger partial charge is 0.385 e. The Bertz CT molecular complexity index is 150. The lowest BCUT2D eigenvalue weighted by atomic mass is 10.2. The van der Waals surface area contributed by atoms with Gasteiger partial charge in [0.05, 0.1) is 0 Å². The van der Waals surface area contributed by atoms with Crippen molar-refractivity contribution in [3.05, 3.63) is 0 Å². The third-order valence-corrected chi connectivity index (χ3v) is 1.83. The minimum absolute atomic E-state index is 0.0727. The van der Waals surface area contributed by atoms with E-state index in [9.17, 15) is 4.79 Å². The molecule has 0 aliphatic heterocycles. The summed E-state index contributed by atoms with van der Waals surface area (Å²) in [5, 5.41) is 6.06. The van der Waals surface area contributed by atoms with Gasteiger partial charge >= 0.3 is 0 Å². The van der Waals surface area contributed by atoms with Gasteiger partial charge in [-0.25, -0.2) is 0 Å². The molecule has 2 N–H and O–H groups in total. The minimum atomic E-state index is 0.0727. The fourth-order valence-corrected chi connectivity index (χ4v) is 0.945. The standard InChI is InChI=1S/C10H22N2O2.C2H6/c1-9(2)10(13)12-7-6-11-5-4-8-14-3;1-2/h9,11H,4-8H2,1-3H3,(H,12,13);1-2H3. The van der Waals surface area contributed by atoms with Crippen LogP contribution in [0.3, 0.4) is 0 Å². The second kappa shape index (κ2) is 14.4. The van der Waals surface area contributed by atoms with E-state index in [2.05, 4.69) is 10.6 Å². The Balaban J connectivity index is 0. The molecule has 0 aromatic carbocycles. The maximum atomic E-state index is 11.1. The number of hydrogen-bond acceptors (Lipinski definition) is 3. The molecule has 0 rings (SSSR count). The van der Waals surface area contributed by atoms with Gasteiger partial charge in [-0.3, -0.25) is 4.79 Å². The first kappa shape index (κ1) is 17.8. The molecule has 98 valence electrons. The summed E-state index contributed by atoms with van der Waals surface area (Å²) in [7, 11) is 1.70. The van der Waals surface area contributed by atoms with E-state index in [1.165, 1.54) is 0 Å². The quantitative estimate of drug-likeness (QED) is 0.622. The molecule has 0 spiro atoms. The molecule has 0 saturated carbocycles. The van der Waals surface area contributed by atoms with E-state index in [0.717, 1.165) is 26.1 Å². The second-order valence-electron chi connectivity index (χ2n) is 3.54. The maximum Gasteiger partial charge on any atom is 0.222 e. The van der Waals surface area contributed by atoms with Crippen LogP contribution in [0.25, 0.3) is 0 Å². The molecule has 0 saturated heterocycles. The third-order valence-electron chi connectivity index (χ3n) is 1.83. The van der Waals surface area contributed by atoms with Crippen LogP contribution in [0, 0.1) is 5.92 Å². The fourth-order valence-electron chi connectivity index (χ4n) is 0.945. The highest BCUT2D eigenvalue weighted by molar-refractivity contribution is 5.77. The van der Waals surface area contributed by atoms with Crippen molar-refractivity contribution in [1.82, 2.24) is 10.6 Å². The lowest BCUT2D eigenvalue weighted by Crippen LogP contribution is -2.34. The average molecular weight is 232 g/mol. The molecule has 0 aromatic heterocycles. The Kier molecular flexibility index (Phi) is 16.0. The highest BCUT2D eigenvalue weighted by atomic mass is 16.5. The minimum Gasteiger partial charge on any atom is -0.385 e. The maximum absolute atomic E-state index is 11.1. The predicted molar refractivity (Wildman–Crippen MR) is 68.6 cm³/mol. The van der Waals surface area contributed by atoms with Crippen LogP contribution < -0.4 is 10.6 Å². The van der Waals surface area contributed by atoms with Crippen LogP contribution in [0.5, 0.6) is 0 Å². The number of ether oxygens (including phenoxy) is 1. The summed E-state index contributed by atoms with van der Waals surface area (Å²) in [6.07, 6.45) is 1.01. The highest BCUT2D eigenvalue weighted by Gasteiger charge is 2.03. The van der Waals surface area contributed by atoms with Gasteiger partial charge in [-0.05, 0) is 13.0 Å². The van der Waals surface area contributed by atoms with Crippen LogP contribution in [0.15, 0.2) is 0 Å². The summed E-state index contributed by atoms with van der Waals surface area (Å²) in [6.45, 7) is 11.0. The van der Waals surface area contributed by atoms with Gasteiger partial charge in [-0.1, -0.05) is 27.7 Å². The number of carbonyl (C=O) groups excluding carboxylic acids is 1. The van der Waals surface area contributed by atoms with E-state index in [-0.39, 0.29) is 11.8 Å². The van der Waals surface area contributed by atoms with Crippen LogP contribution in [0.4, 0.5) is 0 Å². The second-order valence-corrected chi connectivity index (χ2v) is 3.54. The summed E-state index contributed by atoms with van der Waals surface area (Å²) in [5.74, 6) is 0.187. The zero-order chi connectivity index (χ0) is 12.8. The van der Waals surface area contributed by atoms with Gasteiger partial charge in [0.1, 0.15) is 0 Å². The van der Waals surface area contributed by atoms with Crippen molar-refractivity contribution >= 4 is 5.91 Å². The Morgan fingerprint density at radius 2 is 1.81 bits per heavy atom. The molecule has 0 heterocycles. The molecular weight excluding hydrogens is 204 g/mol. The van der Waals surface area contributed by atoms with Gasteiger partial charge in [-0.15, -0.1) is 0 Å². The van der Waals surface area contributed by atoms with E-state index < -0.39 is 0 Å². The fraction of sp³-hybridized carbons (Fsp3) is 0.917. The topological polar surface area (TPSA) is 50.4 Å². The molecule has 0 radical (unpaired) electrons. The van der Waals surface area contributed by atoms with Crippen LogP contribution in [-0.4, -0.2) is 39.3 Å². The van der Waals surface area contributed by atoms with E-state index in [1.807, 2.05) is 27.7 Å². The van der Waals surface area contributed by atoms with Crippen LogP contribution in [0.2, 0.25) is 0 Å². The number of rotatable bonds is 8. The molecule has 4 heteroatoms. The van der Waals surface area contributed by atoms with Gasteiger partial charge < -0.3 is 15.4 Å². The monoisotopic (exact) mass is 232 g/mol. The Morgan fingerprint density at radius 3 is 2.31 bits per heavy atom. The van der Waals surface area contributed by atoms with Crippen molar-refractivity contribution in [2.45, 2.75) is 34.1 Å². The summed E-state index contributed by atoms with van der Waals surface area (Å²) >= 11 is 0. The number of methoxy groups -OCH3 is 1. The molecule has 4 nitrogen and oxygen atoms in total. The zero-order valence-electron chi connectivity index (χ0n) is 11.4. The van der Waals surface area contributed by atoms with Gasteiger partial charge in [-0.2, -0.15) is 0 Å². The normalized spacial score (nSPS) is 9.62. The lowest BCUT2D eigenvalue weighted by molar-refractivity contribution is -0.123. The molecule has 0 aliphatic carbocycles. The molecule has 0 aromatic rings. The molecule has 16 heavy (non-hydrogen) atoms. The number of nitrogens with one attached hydrogen (secondary N) is 2. The van der Waals surface area contributed by atoms with E-state index in [1.54, 1.807) is 7.11 Å². The van der Waals surface area contributed by atoms with Crippen molar-refractivity contribution in [2.75, 3.05) is 33.4 Å². The number of amides is 1. The molecule has 0 aliphatic rings. The van der Waals surface area contributed by atoms with Gasteiger partial charge in [0.25, 0.3) is 0 Å². The SMILES string of the molecule is CC.COCCCNCCNC(=O)C(C)C. The van der Waals surface area contributed by atoms with Crippen LogP contribution in [-0.2, 0) is 9.53 Å². The molecular formula is C12H28N2O2. The van der Waals surface area contributed by atoms with Crippen molar-refractivity contribution in [1.29, 1.82) is 0 Å². The molecule has 0 atom stereocenters. The summed E-state index contributed by atoms with van der Waals surface area (Å²) in [6, 6.07) is 0. The molecule has 0 unspecified atom stereocenters. The van der Waals surface area contributed by atoms with Crippen LogP contribution in [0.1, 0.15) is 34.1 Å². The summed E-state index contributed by atoms with van der Waals surface area (Å²) in [5.41, 5.74) is 0. The molecule has 1 amide bonds. The van der Waals surface area contributed by atoms with Crippen LogP contribution >= 0.6 is 0 Å². The first-order valence-electron chi connectivity index (χ1n) is 6.16. The third kappa shape index (κ3) is 13.4. The zero-order valence-corrected chi connectivity index (χ0v) is 11.4. The van der Waals surface area contributed by atoms with Gasteiger partial charge in [0.2, 0.25) is 5.91 Å².